The minimum Gasteiger partial charge on any atom is -0.496 e. The minimum absolute atomic E-state index is 0.00728. The van der Waals surface area contributed by atoms with Crippen molar-refractivity contribution in [1.82, 2.24) is 30.7 Å². The number of nitrogen functional groups attached to an aromatic ring is 1. The van der Waals surface area contributed by atoms with Gasteiger partial charge in [-0.25, -0.2) is 10.1 Å². The summed E-state index contributed by atoms with van der Waals surface area (Å²) < 4.78 is 23.0. The second-order valence-electron chi connectivity index (χ2n) is 9.14. The molecule has 0 saturated carbocycles. The molecule has 0 fully saturated rings. The van der Waals surface area contributed by atoms with Crippen molar-refractivity contribution in [3.8, 4) is 23.1 Å². The van der Waals surface area contributed by atoms with E-state index >= 15 is 0 Å². The van der Waals surface area contributed by atoms with E-state index in [9.17, 15) is 14.9 Å². The first-order chi connectivity index (χ1) is 21.3. The van der Waals surface area contributed by atoms with E-state index in [2.05, 4.69) is 35.8 Å². The second-order valence-corrected chi connectivity index (χ2v) is 9.14. The number of methoxy groups -OCH3 is 1. The van der Waals surface area contributed by atoms with E-state index in [0.29, 0.717) is 33.9 Å². The fourth-order valence-corrected chi connectivity index (χ4v) is 4.08. The van der Waals surface area contributed by atoms with Gasteiger partial charge in [-0.1, -0.05) is 23.4 Å². The Balaban J connectivity index is 1.30. The molecule has 0 bridgehead atoms. The van der Waals surface area contributed by atoms with Crippen LogP contribution in [-0.2, 0) is 13.2 Å². The lowest BCUT2D eigenvalue weighted by molar-refractivity contribution is -0.385. The second kappa shape index (κ2) is 13.1. The summed E-state index contributed by atoms with van der Waals surface area (Å²) >= 11 is 0. The highest BCUT2D eigenvalue weighted by atomic mass is 16.6. The molecule has 16 heteroatoms. The van der Waals surface area contributed by atoms with Crippen molar-refractivity contribution >= 4 is 23.6 Å². The molecular weight excluding hydrogens is 574 g/mol. The van der Waals surface area contributed by atoms with Gasteiger partial charge < -0.3 is 19.9 Å². The van der Waals surface area contributed by atoms with Crippen LogP contribution in [0.25, 0.3) is 5.82 Å². The Labute approximate surface area is 249 Å². The van der Waals surface area contributed by atoms with E-state index in [-0.39, 0.29) is 41.9 Å². The Kier molecular flexibility index (Phi) is 8.70. The van der Waals surface area contributed by atoms with Gasteiger partial charge in [0, 0.05) is 17.2 Å². The number of aromatic nitrogens is 5. The molecule has 0 unspecified atom stereocenters. The van der Waals surface area contributed by atoms with Crippen LogP contribution >= 0.6 is 0 Å². The first-order valence-electron chi connectivity index (χ1n) is 12.9. The molecule has 224 valence electrons. The molecule has 3 N–H and O–H groups in total. The van der Waals surface area contributed by atoms with Crippen molar-refractivity contribution in [2.24, 2.45) is 5.10 Å². The zero-order chi connectivity index (χ0) is 31.1. The molecule has 1 amide bonds. The van der Waals surface area contributed by atoms with Crippen LogP contribution in [0.1, 0.15) is 32.9 Å². The van der Waals surface area contributed by atoms with Gasteiger partial charge in [0.15, 0.2) is 5.69 Å². The van der Waals surface area contributed by atoms with Gasteiger partial charge in [0.05, 0.1) is 18.2 Å². The number of carbonyl (C=O) groups excluding carboxylic acids is 1. The third-order valence-corrected chi connectivity index (χ3v) is 6.24. The largest absolute Gasteiger partial charge is 0.496 e. The smallest absolute Gasteiger partial charge is 0.293 e. The molecule has 0 aliphatic heterocycles. The van der Waals surface area contributed by atoms with Gasteiger partial charge in [-0.15, -0.1) is 5.10 Å². The molecule has 16 nitrogen and oxygen atoms in total. The van der Waals surface area contributed by atoms with Gasteiger partial charge in [0.1, 0.15) is 36.2 Å². The van der Waals surface area contributed by atoms with Crippen LogP contribution in [0.3, 0.4) is 0 Å². The maximum Gasteiger partial charge on any atom is 0.293 e. The van der Waals surface area contributed by atoms with Crippen molar-refractivity contribution in [2.45, 2.75) is 20.1 Å². The monoisotopic (exact) mass is 599 g/mol. The molecular formula is C28H25N9O7. The van der Waals surface area contributed by atoms with E-state index in [0.717, 1.165) is 0 Å². The van der Waals surface area contributed by atoms with Gasteiger partial charge >= 0.3 is 0 Å². The van der Waals surface area contributed by atoms with Gasteiger partial charge in [0.25, 0.3) is 11.6 Å². The van der Waals surface area contributed by atoms with Crippen LogP contribution in [0.15, 0.2) is 76.5 Å². The molecule has 5 rings (SSSR count). The summed E-state index contributed by atoms with van der Waals surface area (Å²) in [6.45, 7) is 1.64. The van der Waals surface area contributed by atoms with Crippen LogP contribution in [0.5, 0.6) is 17.2 Å². The number of para-hydroxylation sites is 1. The standard InChI is InChI=1S/C28H25N9O7/c1-17-12-21(9-10-22(17)37(39)40)42-15-19-13-18(8-11-24(19)41-2)14-30-32-28(38)25-23(16-43-20-6-4-3-5-7-20)36(35-31-25)27-26(29)33-44-34-27/h3-14H,15-16H2,1-2H3,(H2,29,33)(H,32,38). The van der Waals surface area contributed by atoms with Gasteiger partial charge in [-0.05, 0) is 65.3 Å². The quantitative estimate of drug-likeness (QED) is 0.120. The Bertz CT molecular complexity index is 1820. The molecule has 0 saturated heterocycles. The van der Waals surface area contributed by atoms with Crippen molar-refractivity contribution in [1.29, 1.82) is 0 Å². The molecule has 0 atom stereocenters. The molecule has 5 aromatic rings. The summed E-state index contributed by atoms with van der Waals surface area (Å²) in [6, 6.07) is 18.7. The molecule has 0 radical (unpaired) electrons. The third kappa shape index (κ3) is 6.59. The first kappa shape index (κ1) is 29.2. The molecule has 0 spiro atoms. The number of anilines is 1. The maximum atomic E-state index is 13.1. The van der Waals surface area contributed by atoms with Gasteiger partial charge in [-0.2, -0.15) is 9.78 Å². The number of benzene rings is 3. The SMILES string of the molecule is COc1ccc(C=NNC(=O)c2nnn(-c3nonc3N)c2COc2ccccc2)cc1COc1ccc([N+](=O)[O-])c(C)c1. The average Bonchev–Trinajstić information content (AvgIpc) is 3.64. The Morgan fingerprint density at radius 3 is 2.59 bits per heavy atom. The lowest BCUT2D eigenvalue weighted by Crippen LogP contribution is -2.21. The lowest BCUT2D eigenvalue weighted by Gasteiger charge is -2.11. The Morgan fingerprint density at radius 2 is 1.89 bits per heavy atom. The zero-order valence-corrected chi connectivity index (χ0v) is 23.4. The number of hydrogen-bond donors (Lipinski definition) is 2. The minimum atomic E-state index is -0.667. The number of rotatable bonds is 12. The summed E-state index contributed by atoms with van der Waals surface area (Å²) in [4.78, 5) is 23.7. The number of nitro groups is 1. The Morgan fingerprint density at radius 1 is 1.09 bits per heavy atom. The Hall–Kier alpha value is -6.32. The van der Waals surface area contributed by atoms with Crippen molar-refractivity contribution < 1.29 is 28.6 Å². The van der Waals surface area contributed by atoms with E-state index < -0.39 is 10.8 Å². The predicted molar refractivity (Wildman–Crippen MR) is 155 cm³/mol. The highest BCUT2D eigenvalue weighted by Crippen LogP contribution is 2.26. The number of nitrogens with two attached hydrogens (primary N) is 1. The summed E-state index contributed by atoms with van der Waals surface area (Å²) in [5.74, 6) is 0.905. The van der Waals surface area contributed by atoms with Gasteiger partial charge in [0.2, 0.25) is 11.6 Å². The number of hydrazone groups is 1. The molecule has 3 aromatic carbocycles. The van der Waals surface area contributed by atoms with Crippen molar-refractivity contribution in [3.63, 3.8) is 0 Å². The highest BCUT2D eigenvalue weighted by molar-refractivity contribution is 5.94. The van der Waals surface area contributed by atoms with E-state index in [1.54, 1.807) is 55.5 Å². The predicted octanol–water partition coefficient (Wildman–Crippen LogP) is 3.38. The first-order valence-corrected chi connectivity index (χ1v) is 12.9. The fourth-order valence-electron chi connectivity index (χ4n) is 4.08. The number of aryl methyl sites for hydroxylation is 1. The summed E-state index contributed by atoms with van der Waals surface area (Å²) in [5, 5.41) is 30.4. The number of carbonyl (C=O) groups is 1. The fraction of sp³-hybridized carbons (Fsp3) is 0.143. The van der Waals surface area contributed by atoms with Crippen LogP contribution in [0.4, 0.5) is 11.5 Å². The van der Waals surface area contributed by atoms with Crippen LogP contribution in [-0.4, -0.2) is 49.5 Å². The van der Waals surface area contributed by atoms with Crippen molar-refractivity contribution in [2.75, 3.05) is 12.8 Å². The van der Waals surface area contributed by atoms with Crippen molar-refractivity contribution in [3.05, 3.63) is 105 Å². The molecule has 0 aliphatic carbocycles. The van der Waals surface area contributed by atoms with Crippen LogP contribution in [0, 0.1) is 17.0 Å². The van der Waals surface area contributed by atoms with Crippen LogP contribution < -0.4 is 25.4 Å². The summed E-state index contributed by atoms with van der Waals surface area (Å²) in [6.07, 6.45) is 1.43. The highest BCUT2D eigenvalue weighted by Gasteiger charge is 2.24. The summed E-state index contributed by atoms with van der Waals surface area (Å²) in [5.41, 5.74) is 10.2. The normalized spacial score (nSPS) is 11.0. The number of amides is 1. The lowest BCUT2D eigenvalue weighted by atomic mass is 10.1. The van der Waals surface area contributed by atoms with Crippen LogP contribution in [0.2, 0.25) is 0 Å². The summed E-state index contributed by atoms with van der Waals surface area (Å²) in [7, 11) is 1.53. The van der Waals surface area contributed by atoms with E-state index in [1.165, 1.54) is 30.1 Å². The van der Waals surface area contributed by atoms with E-state index in [1.807, 2.05) is 6.07 Å². The number of hydrogen-bond acceptors (Lipinski definition) is 13. The number of nitrogens with zero attached hydrogens (tertiary/aromatic N) is 7. The third-order valence-electron chi connectivity index (χ3n) is 6.24. The van der Waals surface area contributed by atoms with E-state index in [4.69, 9.17) is 19.9 Å². The molecule has 2 aromatic heterocycles. The molecule has 44 heavy (non-hydrogen) atoms. The average molecular weight is 600 g/mol. The maximum absolute atomic E-state index is 13.1. The molecule has 0 aliphatic rings. The topological polar surface area (TPSA) is 208 Å². The van der Waals surface area contributed by atoms with Gasteiger partial charge in [-0.3, -0.25) is 14.9 Å². The number of nitrogens with one attached hydrogen (secondary N) is 1. The zero-order valence-electron chi connectivity index (χ0n) is 23.4. The number of ether oxygens (including phenoxy) is 3. The number of nitro benzene ring substituents is 1. The molecule has 2 heterocycles.